The molecule has 0 aliphatic carbocycles. The number of hydrogen-bond donors (Lipinski definition) is 1. The number of nitrogens with one attached hydrogen (secondary N) is 1. The summed E-state index contributed by atoms with van der Waals surface area (Å²) in [6.45, 7) is 5.01. The quantitative estimate of drug-likeness (QED) is 0.696. The summed E-state index contributed by atoms with van der Waals surface area (Å²) < 4.78 is 17.4. The highest BCUT2D eigenvalue weighted by Crippen LogP contribution is 2.19. The molecule has 3 nitrogen and oxygen atoms in total. The minimum atomic E-state index is -0.688. The zero-order chi connectivity index (χ0) is 12.0. The first-order valence-electron chi connectivity index (χ1n) is 6.31. The molecular formula is C12H25NO2S. The lowest BCUT2D eigenvalue weighted by atomic mass is 10.1. The van der Waals surface area contributed by atoms with Crippen LogP contribution in [0.2, 0.25) is 0 Å². The van der Waals surface area contributed by atoms with Crippen molar-refractivity contribution < 1.29 is 8.95 Å². The highest BCUT2D eigenvalue weighted by atomic mass is 32.2. The Morgan fingerprint density at radius 1 is 1.50 bits per heavy atom. The molecule has 0 bridgehead atoms. The van der Waals surface area contributed by atoms with E-state index < -0.39 is 10.8 Å². The Bertz CT molecular complexity index is 223. The van der Waals surface area contributed by atoms with Crippen molar-refractivity contribution in [3.8, 4) is 0 Å². The van der Waals surface area contributed by atoms with Gasteiger partial charge in [-0.2, -0.15) is 0 Å². The molecule has 1 aliphatic rings. The van der Waals surface area contributed by atoms with Crippen LogP contribution in [0.3, 0.4) is 0 Å². The number of hydrogen-bond acceptors (Lipinski definition) is 3. The summed E-state index contributed by atoms with van der Waals surface area (Å²) in [6, 6.07) is 0.571. The van der Waals surface area contributed by atoms with E-state index in [1.807, 2.05) is 14.0 Å². The van der Waals surface area contributed by atoms with Crippen molar-refractivity contribution in [1.82, 2.24) is 5.32 Å². The van der Waals surface area contributed by atoms with E-state index in [4.69, 9.17) is 4.74 Å². The summed E-state index contributed by atoms with van der Waals surface area (Å²) in [5.74, 6) is 0.842. The molecule has 0 saturated carbocycles. The van der Waals surface area contributed by atoms with Gasteiger partial charge >= 0.3 is 0 Å². The van der Waals surface area contributed by atoms with Crippen LogP contribution in [0.15, 0.2) is 0 Å². The van der Waals surface area contributed by atoms with Crippen molar-refractivity contribution >= 4 is 10.8 Å². The zero-order valence-electron chi connectivity index (χ0n) is 10.7. The number of rotatable bonds is 7. The topological polar surface area (TPSA) is 38.3 Å². The van der Waals surface area contributed by atoms with Gasteiger partial charge in [0.2, 0.25) is 0 Å². The fourth-order valence-electron chi connectivity index (χ4n) is 2.05. The molecule has 0 spiro atoms. The van der Waals surface area contributed by atoms with Gasteiger partial charge < -0.3 is 10.1 Å². The van der Waals surface area contributed by atoms with Gasteiger partial charge in [-0.25, -0.2) is 0 Å². The Hall–Kier alpha value is 0.0700. The van der Waals surface area contributed by atoms with Gasteiger partial charge in [0.05, 0.1) is 11.4 Å². The first-order chi connectivity index (χ1) is 7.65. The van der Waals surface area contributed by atoms with Crippen LogP contribution in [0.5, 0.6) is 0 Å². The second-order valence-corrected chi connectivity index (χ2v) is 6.45. The average Bonchev–Trinajstić information content (AvgIpc) is 2.70. The smallest absolute Gasteiger partial charge is 0.0691 e. The maximum Gasteiger partial charge on any atom is 0.0691 e. The SMILES string of the molecule is CNC(C)CCCCS(=O)C1CCOC1C. The van der Waals surface area contributed by atoms with E-state index >= 15 is 0 Å². The third-order valence-electron chi connectivity index (χ3n) is 3.37. The van der Waals surface area contributed by atoms with Gasteiger partial charge in [0.15, 0.2) is 0 Å². The Morgan fingerprint density at radius 2 is 2.25 bits per heavy atom. The van der Waals surface area contributed by atoms with Crippen LogP contribution >= 0.6 is 0 Å². The molecule has 0 aromatic carbocycles. The van der Waals surface area contributed by atoms with E-state index in [1.54, 1.807) is 0 Å². The molecule has 1 aliphatic heterocycles. The van der Waals surface area contributed by atoms with Crippen molar-refractivity contribution in [2.75, 3.05) is 19.4 Å². The highest BCUT2D eigenvalue weighted by molar-refractivity contribution is 7.85. The third kappa shape index (κ3) is 4.52. The maximum absolute atomic E-state index is 12.0. The summed E-state index contributed by atoms with van der Waals surface area (Å²) in [4.78, 5) is 0. The Balaban J connectivity index is 2.10. The van der Waals surface area contributed by atoms with Crippen LogP contribution in [0.4, 0.5) is 0 Å². The van der Waals surface area contributed by atoms with Gasteiger partial charge in [-0.3, -0.25) is 4.21 Å². The predicted octanol–water partition coefficient (Wildman–Crippen LogP) is 1.69. The Labute approximate surface area is 102 Å². The summed E-state index contributed by atoms with van der Waals surface area (Å²) in [5.41, 5.74) is 0. The first-order valence-corrected chi connectivity index (χ1v) is 7.69. The Kier molecular flexibility index (Phi) is 6.54. The number of ether oxygens (including phenoxy) is 1. The van der Waals surface area contributed by atoms with E-state index in [2.05, 4.69) is 12.2 Å². The van der Waals surface area contributed by atoms with Crippen LogP contribution in [0, 0.1) is 0 Å². The third-order valence-corrected chi connectivity index (χ3v) is 5.36. The largest absolute Gasteiger partial charge is 0.377 e. The maximum atomic E-state index is 12.0. The van der Waals surface area contributed by atoms with Crippen LogP contribution in [0.1, 0.15) is 39.5 Å². The molecule has 16 heavy (non-hydrogen) atoms. The predicted molar refractivity (Wildman–Crippen MR) is 69.2 cm³/mol. The van der Waals surface area contributed by atoms with Crippen molar-refractivity contribution in [2.45, 2.75) is 56.9 Å². The van der Waals surface area contributed by atoms with Crippen molar-refractivity contribution in [2.24, 2.45) is 0 Å². The molecule has 1 N–H and O–H groups in total. The molecule has 0 amide bonds. The van der Waals surface area contributed by atoms with E-state index in [-0.39, 0.29) is 11.4 Å². The average molecular weight is 247 g/mol. The minimum Gasteiger partial charge on any atom is -0.377 e. The fourth-order valence-corrected chi connectivity index (χ4v) is 3.70. The van der Waals surface area contributed by atoms with E-state index in [0.29, 0.717) is 6.04 Å². The van der Waals surface area contributed by atoms with Gasteiger partial charge in [0, 0.05) is 29.2 Å². The summed E-state index contributed by atoms with van der Waals surface area (Å²) in [6.07, 6.45) is 4.57. The minimum absolute atomic E-state index is 0.192. The fraction of sp³-hybridized carbons (Fsp3) is 1.00. The monoisotopic (exact) mass is 247 g/mol. The van der Waals surface area contributed by atoms with E-state index in [0.717, 1.165) is 31.6 Å². The summed E-state index contributed by atoms with van der Waals surface area (Å²) in [5, 5.41) is 3.50. The molecular weight excluding hydrogens is 222 g/mol. The molecule has 4 heteroatoms. The van der Waals surface area contributed by atoms with Crippen LogP contribution < -0.4 is 5.32 Å². The second kappa shape index (κ2) is 7.41. The molecule has 0 radical (unpaired) electrons. The molecule has 1 saturated heterocycles. The summed E-state index contributed by atoms with van der Waals surface area (Å²) in [7, 11) is 1.30. The van der Waals surface area contributed by atoms with Gasteiger partial charge in [-0.05, 0) is 40.2 Å². The lowest BCUT2D eigenvalue weighted by molar-refractivity contribution is 0.127. The number of unbranched alkanes of at least 4 members (excludes halogenated alkanes) is 1. The van der Waals surface area contributed by atoms with Gasteiger partial charge in [-0.15, -0.1) is 0 Å². The normalized spacial score (nSPS) is 29.2. The molecule has 1 fully saturated rings. The highest BCUT2D eigenvalue weighted by Gasteiger charge is 2.28. The summed E-state index contributed by atoms with van der Waals surface area (Å²) >= 11 is 0. The molecule has 1 heterocycles. The zero-order valence-corrected chi connectivity index (χ0v) is 11.5. The first kappa shape index (κ1) is 14.1. The van der Waals surface area contributed by atoms with E-state index in [1.165, 1.54) is 6.42 Å². The molecule has 4 atom stereocenters. The lowest BCUT2D eigenvalue weighted by Crippen LogP contribution is -2.25. The molecule has 0 aromatic heterocycles. The van der Waals surface area contributed by atoms with Crippen LogP contribution in [-0.2, 0) is 15.5 Å². The van der Waals surface area contributed by atoms with Gasteiger partial charge in [0.25, 0.3) is 0 Å². The molecule has 0 aromatic rings. The van der Waals surface area contributed by atoms with Crippen molar-refractivity contribution in [3.63, 3.8) is 0 Å². The van der Waals surface area contributed by atoms with Gasteiger partial charge in [-0.1, -0.05) is 6.42 Å². The Morgan fingerprint density at radius 3 is 2.81 bits per heavy atom. The standard InChI is InChI=1S/C12H25NO2S/c1-10(13-3)6-4-5-9-16(14)12-7-8-15-11(12)2/h10-13H,4-9H2,1-3H3. The molecule has 96 valence electrons. The van der Waals surface area contributed by atoms with Crippen LogP contribution in [-0.4, -0.2) is 41.0 Å². The second-order valence-electron chi connectivity index (χ2n) is 4.67. The van der Waals surface area contributed by atoms with Crippen molar-refractivity contribution in [1.29, 1.82) is 0 Å². The van der Waals surface area contributed by atoms with Gasteiger partial charge in [0.1, 0.15) is 0 Å². The molecule has 1 rings (SSSR count). The molecule has 4 unspecified atom stereocenters. The lowest BCUT2D eigenvalue weighted by Gasteiger charge is -2.14. The van der Waals surface area contributed by atoms with E-state index in [9.17, 15) is 4.21 Å². The van der Waals surface area contributed by atoms with Crippen molar-refractivity contribution in [3.05, 3.63) is 0 Å². The van der Waals surface area contributed by atoms with Crippen LogP contribution in [0.25, 0.3) is 0 Å².